The van der Waals surface area contributed by atoms with Gasteiger partial charge >= 0.3 is 0 Å². The first kappa shape index (κ1) is 15.3. The Labute approximate surface area is 125 Å². The average Bonchev–Trinajstić information content (AvgIpc) is 2.46. The summed E-state index contributed by atoms with van der Waals surface area (Å²) in [7, 11) is 0. The molecule has 0 unspecified atom stereocenters. The number of fused-ring (bicyclic) bond motifs is 1. The normalized spacial score (nSPS) is 21.2. The summed E-state index contributed by atoms with van der Waals surface area (Å²) < 4.78 is 0. The van der Waals surface area contributed by atoms with Crippen molar-refractivity contribution in [3.05, 3.63) is 42.5 Å². The van der Waals surface area contributed by atoms with Gasteiger partial charge in [-0.3, -0.25) is 9.59 Å². The standard InChI is InChI=1S/C17H22N2O2/c1-5-17(3,4)16-13(10-18-11(2)20)15(21)12-8-6-7-9-14(12)19-16/h5-9,13,16,19H,1,10H2,2-4H3,(H,18,20)/t13-,16-/m0/s1. The van der Waals surface area contributed by atoms with E-state index in [0.29, 0.717) is 12.1 Å². The minimum Gasteiger partial charge on any atom is -0.380 e. The number of carbonyl (C=O) groups excluding carboxylic acids is 2. The van der Waals surface area contributed by atoms with E-state index < -0.39 is 0 Å². The smallest absolute Gasteiger partial charge is 0.216 e. The Morgan fingerprint density at radius 2 is 2.10 bits per heavy atom. The highest BCUT2D eigenvalue weighted by atomic mass is 16.1. The summed E-state index contributed by atoms with van der Waals surface area (Å²) in [5.74, 6) is -0.369. The molecule has 0 aromatic heterocycles. The molecule has 2 atom stereocenters. The largest absolute Gasteiger partial charge is 0.380 e. The monoisotopic (exact) mass is 286 g/mol. The molecule has 0 saturated heterocycles. The van der Waals surface area contributed by atoms with Crippen LogP contribution in [0.1, 0.15) is 31.1 Å². The molecule has 0 aliphatic carbocycles. The molecular weight excluding hydrogens is 264 g/mol. The molecule has 4 heteroatoms. The lowest BCUT2D eigenvalue weighted by atomic mass is 9.72. The number of para-hydroxylation sites is 1. The third-order valence-corrected chi connectivity index (χ3v) is 4.14. The van der Waals surface area contributed by atoms with Crippen LogP contribution in [0.25, 0.3) is 0 Å². The van der Waals surface area contributed by atoms with E-state index in [4.69, 9.17) is 0 Å². The van der Waals surface area contributed by atoms with Gasteiger partial charge in [-0.15, -0.1) is 6.58 Å². The van der Waals surface area contributed by atoms with Gasteiger partial charge in [-0.25, -0.2) is 0 Å². The molecule has 21 heavy (non-hydrogen) atoms. The van der Waals surface area contributed by atoms with E-state index in [1.807, 2.05) is 44.2 Å². The van der Waals surface area contributed by atoms with Gasteiger partial charge < -0.3 is 10.6 Å². The zero-order chi connectivity index (χ0) is 15.6. The van der Waals surface area contributed by atoms with Gasteiger partial charge in [-0.2, -0.15) is 0 Å². The highest BCUT2D eigenvalue weighted by molar-refractivity contribution is 6.05. The molecule has 1 amide bonds. The van der Waals surface area contributed by atoms with Crippen molar-refractivity contribution in [2.75, 3.05) is 11.9 Å². The quantitative estimate of drug-likeness (QED) is 0.837. The van der Waals surface area contributed by atoms with Crippen LogP contribution < -0.4 is 10.6 Å². The lowest BCUT2D eigenvalue weighted by Crippen LogP contribution is -2.51. The van der Waals surface area contributed by atoms with E-state index >= 15 is 0 Å². The number of hydrogen-bond donors (Lipinski definition) is 2. The molecule has 1 aromatic rings. The van der Waals surface area contributed by atoms with Crippen molar-refractivity contribution < 1.29 is 9.59 Å². The lowest BCUT2D eigenvalue weighted by Gasteiger charge is -2.41. The molecule has 4 nitrogen and oxygen atoms in total. The van der Waals surface area contributed by atoms with Crippen molar-refractivity contribution >= 4 is 17.4 Å². The highest BCUT2D eigenvalue weighted by Crippen LogP contribution is 2.37. The SMILES string of the molecule is C=CC(C)(C)[C@H]1Nc2ccccc2C(=O)[C@@H]1CNC(C)=O. The van der Waals surface area contributed by atoms with Crippen molar-refractivity contribution in [3.8, 4) is 0 Å². The van der Waals surface area contributed by atoms with Gasteiger partial charge in [0.25, 0.3) is 0 Å². The maximum absolute atomic E-state index is 12.8. The second-order valence-electron chi connectivity index (χ2n) is 6.10. The number of amides is 1. The number of Topliss-reactive ketones (excluding diaryl/α,β-unsaturated/α-hetero) is 1. The van der Waals surface area contributed by atoms with Crippen LogP contribution >= 0.6 is 0 Å². The van der Waals surface area contributed by atoms with E-state index in [1.54, 1.807) is 0 Å². The third kappa shape index (κ3) is 2.99. The summed E-state index contributed by atoms with van der Waals surface area (Å²) in [5.41, 5.74) is 1.26. The van der Waals surface area contributed by atoms with Crippen molar-refractivity contribution in [1.82, 2.24) is 5.32 Å². The molecule has 2 N–H and O–H groups in total. The van der Waals surface area contributed by atoms with Gasteiger partial charge in [-0.1, -0.05) is 32.1 Å². The molecule has 0 saturated carbocycles. The molecule has 1 aromatic carbocycles. The first-order chi connectivity index (χ1) is 9.86. The van der Waals surface area contributed by atoms with Gasteiger partial charge in [0.2, 0.25) is 5.91 Å². The van der Waals surface area contributed by atoms with Crippen LogP contribution in [0.5, 0.6) is 0 Å². The van der Waals surface area contributed by atoms with E-state index in [-0.39, 0.29) is 29.1 Å². The third-order valence-electron chi connectivity index (χ3n) is 4.14. The topological polar surface area (TPSA) is 58.2 Å². The Balaban J connectivity index is 2.39. The summed E-state index contributed by atoms with van der Waals surface area (Å²) in [6.07, 6.45) is 1.85. The minimum atomic E-state index is -0.309. The predicted octanol–water partition coefficient (Wildman–Crippen LogP) is 2.63. The molecule has 2 rings (SSSR count). The second kappa shape index (κ2) is 5.72. The molecular formula is C17H22N2O2. The van der Waals surface area contributed by atoms with Crippen molar-refractivity contribution in [1.29, 1.82) is 0 Å². The van der Waals surface area contributed by atoms with Gasteiger partial charge in [0.1, 0.15) is 0 Å². The Kier molecular flexibility index (Phi) is 4.16. The first-order valence-electron chi connectivity index (χ1n) is 7.14. The Morgan fingerprint density at radius 1 is 1.43 bits per heavy atom. The number of benzene rings is 1. The molecule has 1 heterocycles. The number of anilines is 1. The van der Waals surface area contributed by atoms with Crippen LogP contribution in [0, 0.1) is 11.3 Å². The fourth-order valence-corrected chi connectivity index (χ4v) is 2.74. The van der Waals surface area contributed by atoms with E-state index in [9.17, 15) is 9.59 Å². The van der Waals surface area contributed by atoms with E-state index in [1.165, 1.54) is 6.92 Å². The molecule has 112 valence electrons. The van der Waals surface area contributed by atoms with Crippen LogP contribution in [0.2, 0.25) is 0 Å². The Hall–Kier alpha value is -2.10. The summed E-state index contributed by atoms with van der Waals surface area (Å²) >= 11 is 0. The highest BCUT2D eigenvalue weighted by Gasteiger charge is 2.41. The molecule has 1 aliphatic heterocycles. The second-order valence-corrected chi connectivity index (χ2v) is 6.10. The predicted molar refractivity (Wildman–Crippen MR) is 84.3 cm³/mol. The van der Waals surface area contributed by atoms with Crippen LogP contribution in [0.4, 0.5) is 5.69 Å². The molecule has 0 radical (unpaired) electrons. The Morgan fingerprint density at radius 3 is 2.71 bits per heavy atom. The van der Waals surface area contributed by atoms with Crippen molar-refractivity contribution in [2.24, 2.45) is 11.3 Å². The van der Waals surface area contributed by atoms with Gasteiger partial charge in [0.15, 0.2) is 5.78 Å². The number of hydrogen-bond acceptors (Lipinski definition) is 3. The van der Waals surface area contributed by atoms with Crippen LogP contribution in [0.15, 0.2) is 36.9 Å². The zero-order valence-corrected chi connectivity index (χ0v) is 12.8. The molecule has 0 bridgehead atoms. The van der Waals surface area contributed by atoms with Crippen molar-refractivity contribution in [3.63, 3.8) is 0 Å². The van der Waals surface area contributed by atoms with Gasteiger partial charge in [-0.05, 0) is 12.1 Å². The summed E-state index contributed by atoms with van der Waals surface area (Å²) in [5, 5.41) is 6.22. The van der Waals surface area contributed by atoms with Crippen LogP contribution in [0.3, 0.4) is 0 Å². The minimum absolute atomic E-state index is 0.0676. The summed E-state index contributed by atoms with van der Waals surface area (Å²) in [4.78, 5) is 24.0. The average molecular weight is 286 g/mol. The fourth-order valence-electron chi connectivity index (χ4n) is 2.74. The maximum Gasteiger partial charge on any atom is 0.216 e. The number of rotatable bonds is 4. The van der Waals surface area contributed by atoms with Crippen LogP contribution in [-0.4, -0.2) is 24.3 Å². The van der Waals surface area contributed by atoms with E-state index in [0.717, 1.165) is 5.69 Å². The first-order valence-corrected chi connectivity index (χ1v) is 7.14. The van der Waals surface area contributed by atoms with E-state index in [2.05, 4.69) is 17.2 Å². The summed E-state index contributed by atoms with van der Waals surface area (Å²) in [6, 6.07) is 7.39. The van der Waals surface area contributed by atoms with Crippen molar-refractivity contribution in [2.45, 2.75) is 26.8 Å². The number of ketones is 1. The number of nitrogens with one attached hydrogen (secondary N) is 2. The number of carbonyl (C=O) groups is 2. The Bertz CT molecular complexity index is 578. The molecule has 0 fully saturated rings. The van der Waals surface area contributed by atoms with Crippen LogP contribution in [-0.2, 0) is 4.79 Å². The lowest BCUT2D eigenvalue weighted by molar-refractivity contribution is -0.119. The summed E-state index contributed by atoms with van der Waals surface area (Å²) in [6.45, 7) is 9.75. The molecule has 0 spiro atoms. The van der Waals surface area contributed by atoms with Gasteiger partial charge in [0.05, 0.1) is 5.92 Å². The zero-order valence-electron chi connectivity index (χ0n) is 12.8. The fraction of sp³-hybridized carbons (Fsp3) is 0.412. The molecule has 1 aliphatic rings. The maximum atomic E-state index is 12.8. The van der Waals surface area contributed by atoms with Gasteiger partial charge in [0, 0.05) is 36.2 Å².